The summed E-state index contributed by atoms with van der Waals surface area (Å²) in [6.07, 6.45) is 3.12. The number of benzene rings is 2. The van der Waals surface area contributed by atoms with Crippen molar-refractivity contribution in [2.75, 3.05) is 13.1 Å². The molecule has 1 amide bonds. The summed E-state index contributed by atoms with van der Waals surface area (Å²) in [5.41, 5.74) is 1.12. The molecular weight excluding hydrogens is 348 g/mol. The molecule has 3 rings (SSSR count). The second kappa shape index (κ2) is 9.06. The van der Waals surface area contributed by atoms with Gasteiger partial charge in [0, 0.05) is 43.2 Å². The molecule has 1 saturated heterocycles. The van der Waals surface area contributed by atoms with Crippen LogP contribution in [0.25, 0.3) is 0 Å². The second-order valence-corrected chi connectivity index (χ2v) is 7.11. The van der Waals surface area contributed by atoms with E-state index in [9.17, 15) is 4.79 Å². The maximum atomic E-state index is 11.6. The molecule has 0 spiro atoms. The monoisotopic (exact) mass is 372 g/mol. The molecule has 1 N–H and O–H groups in total. The van der Waals surface area contributed by atoms with Crippen LogP contribution in [0.3, 0.4) is 0 Å². The number of amides is 1. The second-order valence-electron chi connectivity index (χ2n) is 6.68. The van der Waals surface area contributed by atoms with Crippen molar-refractivity contribution in [3.8, 4) is 11.5 Å². The number of carbonyl (C=O) groups is 1. The standard InChI is InChI=1S/C21H25ClN2O2/c1-16(25)24-13-4-6-19(12-14-24)23-15-17-5-2-3-7-21(17)26-20-10-8-18(22)9-11-20/h2-3,5,7-11,19,23H,4,6,12-15H2,1H3. The summed E-state index contributed by atoms with van der Waals surface area (Å²) in [6.45, 7) is 4.09. The topological polar surface area (TPSA) is 41.6 Å². The fourth-order valence-electron chi connectivity index (χ4n) is 3.25. The number of nitrogens with one attached hydrogen (secondary N) is 1. The smallest absolute Gasteiger partial charge is 0.219 e. The Labute approximate surface area is 160 Å². The molecule has 1 aliphatic heterocycles. The summed E-state index contributed by atoms with van der Waals surface area (Å²) in [5.74, 6) is 1.79. The van der Waals surface area contributed by atoms with Gasteiger partial charge in [-0.25, -0.2) is 0 Å². The highest BCUT2D eigenvalue weighted by atomic mass is 35.5. The van der Waals surface area contributed by atoms with Crippen molar-refractivity contribution in [2.24, 2.45) is 0 Å². The molecule has 2 aromatic carbocycles. The van der Waals surface area contributed by atoms with Crippen LogP contribution in [0.2, 0.25) is 5.02 Å². The lowest BCUT2D eigenvalue weighted by Gasteiger charge is -2.19. The van der Waals surface area contributed by atoms with Gasteiger partial charge in [0.05, 0.1) is 0 Å². The molecule has 0 aromatic heterocycles. The van der Waals surface area contributed by atoms with Crippen LogP contribution in [0, 0.1) is 0 Å². The van der Waals surface area contributed by atoms with Gasteiger partial charge in [-0.05, 0) is 49.6 Å². The summed E-state index contributed by atoms with van der Waals surface area (Å²) in [4.78, 5) is 13.5. The van der Waals surface area contributed by atoms with E-state index in [0.29, 0.717) is 11.1 Å². The molecule has 0 saturated carbocycles. The number of nitrogens with zero attached hydrogens (tertiary/aromatic N) is 1. The molecule has 4 nitrogen and oxygen atoms in total. The van der Waals surface area contributed by atoms with Crippen LogP contribution in [0.4, 0.5) is 0 Å². The van der Waals surface area contributed by atoms with Crippen molar-refractivity contribution in [3.05, 3.63) is 59.1 Å². The minimum Gasteiger partial charge on any atom is -0.457 e. The quantitative estimate of drug-likeness (QED) is 0.832. The minimum absolute atomic E-state index is 0.173. The average Bonchev–Trinajstić information content (AvgIpc) is 2.89. The Morgan fingerprint density at radius 3 is 2.69 bits per heavy atom. The maximum Gasteiger partial charge on any atom is 0.219 e. The van der Waals surface area contributed by atoms with Crippen LogP contribution >= 0.6 is 11.6 Å². The first kappa shape index (κ1) is 18.7. The van der Waals surface area contributed by atoms with Gasteiger partial charge in [-0.1, -0.05) is 29.8 Å². The molecule has 0 aliphatic carbocycles. The number of hydrogen-bond donors (Lipinski definition) is 1. The highest BCUT2D eigenvalue weighted by Gasteiger charge is 2.18. The van der Waals surface area contributed by atoms with E-state index in [1.807, 2.05) is 47.4 Å². The number of ether oxygens (including phenoxy) is 1. The van der Waals surface area contributed by atoms with Crippen LogP contribution in [0.5, 0.6) is 11.5 Å². The molecule has 0 bridgehead atoms. The Morgan fingerprint density at radius 2 is 1.92 bits per heavy atom. The molecule has 2 aromatic rings. The first-order valence-corrected chi connectivity index (χ1v) is 9.50. The zero-order valence-corrected chi connectivity index (χ0v) is 15.8. The number of hydrogen-bond acceptors (Lipinski definition) is 3. The lowest BCUT2D eigenvalue weighted by atomic mass is 10.1. The van der Waals surface area contributed by atoms with E-state index >= 15 is 0 Å². The highest BCUT2D eigenvalue weighted by Crippen LogP contribution is 2.26. The summed E-state index contributed by atoms with van der Waals surface area (Å²) in [5, 5.41) is 4.33. The third-order valence-corrected chi connectivity index (χ3v) is 5.02. The highest BCUT2D eigenvalue weighted by molar-refractivity contribution is 6.30. The third kappa shape index (κ3) is 5.23. The molecule has 0 radical (unpaired) electrons. The van der Waals surface area contributed by atoms with Crippen molar-refractivity contribution in [1.82, 2.24) is 10.2 Å². The Morgan fingerprint density at radius 1 is 1.15 bits per heavy atom. The van der Waals surface area contributed by atoms with Gasteiger partial charge in [-0.15, -0.1) is 0 Å². The van der Waals surface area contributed by atoms with Gasteiger partial charge < -0.3 is 15.0 Å². The zero-order valence-electron chi connectivity index (χ0n) is 15.1. The Kier molecular flexibility index (Phi) is 6.53. The third-order valence-electron chi connectivity index (χ3n) is 4.77. The lowest BCUT2D eigenvalue weighted by Crippen LogP contribution is -2.32. The van der Waals surface area contributed by atoms with E-state index in [2.05, 4.69) is 11.4 Å². The van der Waals surface area contributed by atoms with Crippen LogP contribution in [0.15, 0.2) is 48.5 Å². The Balaban J connectivity index is 1.60. The zero-order chi connectivity index (χ0) is 18.4. The number of likely N-dealkylation sites (tertiary alicyclic amines) is 1. The van der Waals surface area contributed by atoms with E-state index < -0.39 is 0 Å². The van der Waals surface area contributed by atoms with Crippen molar-refractivity contribution in [2.45, 2.75) is 38.8 Å². The molecule has 1 unspecified atom stereocenters. The molecule has 1 atom stereocenters. The molecule has 26 heavy (non-hydrogen) atoms. The Bertz CT molecular complexity index is 733. The number of rotatable bonds is 5. The van der Waals surface area contributed by atoms with E-state index in [1.54, 1.807) is 6.92 Å². The number of para-hydroxylation sites is 1. The molecule has 1 fully saturated rings. The van der Waals surface area contributed by atoms with Crippen LogP contribution in [0.1, 0.15) is 31.7 Å². The fourth-order valence-corrected chi connectivity index (χ4v) is 3.37. The molecule has 5 heteroatoms. The molecule has 1 heterocycles. The van der Waals surface area contributed by atoms with Gasteiger partial charge in [0.15, 0.2) is 0 Å². The normalized spacial score (nSPS) is 17.6. The van der Waals surface area contributed by atoms with Gasteiger partial charge in [0.1, 0.15) is 11.5 Å². The summed E-state index contributed by atoms with van der Waals surface area (Å²) in [6, 6.07) is 15.9. The van der Waals surface area contributed by atoms with Gasteiger partial charge in [0.2, 0.25) is 5.91 Å². The minimum atomic E-state index is 0.173. The van der Waals surface area contributed by atoms with Crippen molar-refractivity contribution in [3.63, 3.8) is 0 Å². The summed E-state index contributed by atoms with van der Waals surface area (Å²) < 4.78 is 6.03. The van der Waals surface area contributed by atoms with Crippen LogP contribution < -0.4 is 10.1 Å². The number of halogens is 1. The SMILES string of the molecule is CC(=O)N1CCCC(NCc2ccccc2Oc2ccc(Cl)cc2)CC1. The van der Waals surface area contributed by atoms with E-state index in [-0.39, 0.29) is 5.91 Å². The van der Waals surface area contributed by atoms with E-state index in [4.69, 9.17) is 16.3 Å². The first-order valence-electron chi connectivity index (χ1n) is 9.12. The Hall–Kier alpha value is -2.04. The van der Waals surface area contributed by atoms with Crippen molar-refractivity contribution >= 4 is 17.5 Å². The van der Waals surface area contributed by atoms with Gasteiger partial charge in [-0.3, -0.25) is 4.79 Å². The average molecular weight is 373 g/mol. The van der Waals surface area contributed by atoms with E-state index in [0.717, 1.165) is 56.0 Å². The molecule has 1 aliphatic rings. The van der Waals surface area contributed by atoms with E-state index in [1.165, 1.54) is 0 Å². The van der Waals surface area contributed by atoms with Gasteiger partial charge in [-0.2, -0.15) is 0 Å². The largest absolute Gasteiger partial charge is 0.457 e. The van der Waals surface area contributed by atoms with Gasteiger partial charge >= 0.3 is 0 Å². The predicted molar refractivity (Wildman–Crippen MR) is 105 cm³/mol. The number of carbonyl (C=O) groups excluding carboxylic acids is 1. The van der Waals surface area contributed by atoms with Crippen molar-refractivity contribution < 1.29 is 9.53 Å². The lowest BCUT2D eigenvalue weighted by molar-refractivity contribution is -0.128. The predicted octanol–water partition coefficient (Wildman–Crippen LogP) is 4.62. The fraction of sp³-hybridized carbons (Fsp3) is 0.381. The van der Waals surface area contributed by atoms with Crippen LogP contribution in [-0.4, -0.2) is 29.9 Å². The molecular formula is C21H25ClN2O2. The van der Waals surface area contributed by atoms with Crippen LogP contribution in [-0.2, 0) is 11.3 Å². The first-order chi connectivity index (χ1) is 12.6. The summed E-state index contributed by atoms with van der Waals surface area (Å²) >= 11 is 5.93. The van der Waals surface area contributed by atoms with Gasteiger partial charge in [0.25, 0.3) is 0 Å². The molecule has 138 valence electrons. The summed E-state index contributed by atoms with van der Waals surface area (Å²) in [7, 11) is 0. The van der Waals surface area contributed by atoms with Crippen molar-refractivity contribution in [1.29, 1.82) is 0 Å². The maximum absolute atomic E-state index is 11.6.